The minimum atomic E-state index is -0.530. The molecule has 3 aromatic carbocycles. The van der Waals surface area contributed by atoms with Gasteiger partial charge >= 0.3 is 0 Å². The van der Waals surface area contributed by atoms with Gasteiger partial charge in [0.25, 0.3) is 5.91 Å². The summed E-state index contributed by atoms with van der Waals surface area (Å²) in [6, 6.07) is 20.6. The number of hydrogen-bond donors (Lipinski definition) is 0. The van der Waals surface area contributed by atoms with E-state index >= 15 is 0 Å². The van der Waals surface area contributed by atoms with Gasteiger partial charge in [0.2, 0.25) is 5.76 Å². The fourth-order valence-electron chi connectivity index (χ4n) is 4.22. The molecule has 0 fully saturated rings. The molecule has 1 aliphatic heterocycles. The highest BCUT2D eigenvalue weighted by Crippen LogP contribution is 2.41. The molecule has 1 amide bonds. The van der Waals surface area contributed by atoms with E-state index in [-0.39, 0.29) is 17.1 Å². The van der Waals surface area contributed by atoms with Gasteiger partial charge in [-0.15, -0.1) is 0 Å². The van der Waals surface area contributed by atoms with Crippen molar-refractivity contribution in [3.05, 3.63) is 111 Å². The summed E-state index contributed by atoms with van der Waals surface area (Å²) in [5.41, 5.74) is 5.41. The Morgan fingerprint density at radius 3 is 2.30 bits per heavy atom. The summed E-state index contributed by atoms with van der Waals surface area (Å²) in [6.45, 7) is 5.92. The zero-order valence-corrected chi connectivity index (χ0v) is 17.1. The van der Waals surface area contributed by atoms with Crippen LogP contribution in [0.2, 0.25) is 0 Å². The van der Waals surface area contributed by atoms with Crippen LogP contribution in [0.5, 0.6) is 0 Å². The molecule has 0 saturated heterocycles. The number of aryl methyl sites for hydroxylation is 3. The van der Waals surface area contributed by atoms with E-state index in [4.69, 9.17) is 4.42 Å². The third-order valence-electron chi connectivity index (χ3n) is 5.88. The number of benzene rings is 3. The summed E-state index contributed by atoms with van der Waals surface area (Å²) < 4.78 is 6.08. The van der Waals surface area contributed by atoms with Crippen molar-refractivity contribution in [3.8, 4) is 0 Å². The molecule has 0 N–H and O–H groups in total. The molecule has 0 aliphatic carbocycles. The van der Waals surface area contributed by atoms with Gasteiger partial charge in [-0.1, -0.05) is 42.5 Å². The van der Waals surface area contributed by atoms with E-state index in [1.165, 1.54) is 0 Å². The largest absolute Gasteiger partial charge is 0.450 e. The molecule has 1 aromatic heterocycles. The van der Waals surface area contributed by atoms with E-state index in [1.807, 2.05) is 87.5 Å². The van der Waals surface area contributed by atoms with Gasteiger partial charge in [-0.25, -0.2) is 0 Å². The predicted octanol–water partition coefficient (Wildman–Crippen LogP) is 5.47. The average Bonchev–Trinajstić information content (AvgIpc) is 3.03. The standard InChI is InChI=1S/C26H21NO3/c1-15-8-7-11-19(12-15)27-23(18-9-5-4-6-10-18)22-24(28)20-13-16(2)17(3)14-21(20)30-25(22)26(27)29/h4-14,23H,1-3H3. The molecule has 0 bridgehead atoms. The Labute approximate surface area is 174 Å². The molecule has 0 radical (unpaired) electrons. The molecule has 30 heavy (non-hydrogen) atoms. The molecule has 2 heterocycles. The van der Waals surface area contributed by atoms with Crippen LogP contribution < -0.4 is 10.3 Å². The van der Waals surface area contributed by atoms with Crippen LogP contribution in [0.15, 0.2) is 75.9 Å². The van der Waals surface area contributed by atoms with Gasteiger partial charge in [-0.2, -0.15) is 0 Å². The number of fused-ring (bicyclic) bond motifs is 2. The van der Waals surface area contributed by atoms with Crippen LogP contribution in [-0.2, 0) is 0 Å². The number of anilines is 1. The minimum Gasteiger partial charge on any atom is -0.450 e. The highest BCUT2D eigenvalue weighted by molar-refractivity contribution is 6.10. The minimum absolute atomic E-state index is 0.131. The Balaban J connectivity index is 1.84. The first-order valence-corrected chi connectivity index (χ1v) is 9.99. The maximum Gasteiger partial charge on any atom is 0.295 e. The number of carbonyl (C=O) groups excluding carboxylic acids is 1. The quantitative estimate of drug-likeness (QED) is 0.452. The lowest BCUT2D eigenvalue weighted by Crippen LogP contribution is -2.29. The average molecular weight is 395 g/mol. The van der Waals surface area contributed by atoms with Gasteiger partial charge in [0, 0.05) is 5.69 Å². The summed E-state index contributed by atoms with van der Waals surface area (Å²) in [5.74, 6) is -0.159. The van der Waals surface area contributed by atoms with Crippen LogP contribution in [0.1, 0.15) is 44.4 Å². The lowest BCUT2D eigenvalue weighted by molar-refractivity contribution is 0.0971. The monoisotopic (exact) mass is 395 g/mol. The molecular weight excluding hydrogens is 374 g/mol. The molecule has 0 saturated carbocycles. The highest BCUT2D eigenvalue weighted by atomic mass is 16.3. The van der Waals surface area contributed by atoms with Crippen molar-refractivity contribution in [2.45, 2.75) is 26.8 Å². The van der Waals surface area contributed by atoms with Crippen LogP contribution >= 0.6 is 0 Å². The van der Waals surface area contributed by atoms with E-state index < -0.39 is 6.04 Å². The van der Waals surface area contributed by atoms with Gasteiger partial charge in [-0.3, -0.25) is 14.5 Å². The molecule has 1 aliphatic rings. The SMILES string of the molecule is Cc1cccc(N2C(=O)c3oc4cc(C)c(C)cc4c(=O)c3C2c2ccccc2)c1. The fourth-order valence-corrected chi connectivity index (χ4v) is 4.22. The van der Waals surface area contributed by atoms with Crippen LogP contribution in [0, 0.1) is 20.8 Å². The Kier molecular flexibility index (Phi) is 4.10. The fraction of sp³-hybridized carbons (Fsp3) is 0.154. The van der Waals surface area contributed by atoms with Crippen molar-refractivity contribution in [1.82, 2.24) is 0 Å². The van der Waals surface area contributed by atoms with Crippen molar-refractivity contribution in [1.29, 1.82) is 0 Å². The van der Waals surface area contributed by atoms with Crippen molar-refractivity contribution in [2.24, 2.45) is 0 Å². The van der Waals surface area contributed by atoms with Gasteiger partial charge in [-0.05, 0) is 67.3 Å². The molecule has 1 atom stereocenters. The molecule has 1 unspecified atom stereocenters. The molecule has 4 aromatic rings. The van der Waals surface area contributed by atoms with E-state index in [9.17, 15) is 9.59 Å². The van der Waals surface area contributed by atoms with Crippen LogP contribution in [0.25, 0.3) is 11.0 Å². The first-order chi connectivity index (χ1) is 14.5. The van der Waals surface area contributed by atoms with Crippen LogP contribution in [0.4, 0.5) is 5.69 Å². The van der Waals surface area contributed by atoms with Gasteiger partial charge in [0.05, 0.1) is 17.0 Å². The van der Waals surface area contributed by atoms with E-state index in [0.717, 1.165) is 27.9 Å². The molecule has 148 valence electrons. The van der Waals surface area contributed by atoms with E-state index in [0.29, 0.717) is 16.5 Å². The normalized spacial score (nSPS) is 15.6. The second-order valence-electron chi connectivity index (χ2n) is 7.93. The topological polar surface area (TPSA) is 50.5 Å². The maximum atomic E-state index is 13.6. The second-order valence-corrected chi connectivity index (χ2v) is 7.93. The summed E-state index contributed by atoms with van der Waals surface area (Å²) in [6.07, 6.45) is 0. The predicted molar refractivity (Wildman–Crippen MR) is 118 cm³/mol. The number of carbonyl (C=O) groups is 1. The molecule has 4 heteroatoms. The Hall–Kier alpha value is -3.66. The van der Waals surface area contributed by atoms with Crippen molar-refractivity contribution in [3.63, 3.8) is 0 Å². The zero-order chi connectivity index (χ0) is 21.0. The summed E-state index contributed by atoms with van der Waals surface area (Å²) in [5, 5.41) is 0.511. The summed E-state index contributed by atoms with van der Waals surface area (Å²) >= 11 is 0. The summed E-state index contributed by atoms with van der Waals surface area (Å²) in [4.78, 5) is 28.8. The third kappa shape index (κ3) is 2.68. The number of rotatable bonds is 2. The molecule has 5 rings (SSSR count). The van der Waals surface area contributed by atoms with Gasteiger partial charge < -0.3 is 4.42 Å². The molecule has 4 nitrogen and oxygen atoms in total. The van der Waals surface area contributed by atoms with E-state index in [1.54, 1.807) is 4.90 Å². The number of nitrogens with zero attached hydrogens (tertiary/aromatic N) is 1. The van der Waals surface area contributed by atoms with Gasteiger partial charge in [0.15, 0.2) is 5.43 Å². The van der Waals surface area contributed by atoms with Gasteiger partial charge in [0.1, 0.15) is 5.58 Å². The van der Waals surface area contributed by atoms with Crippen molar-refractivity contribution >= 4 is 22.6 Å². The van der Waals surface area contributed by atoms with Crippen LogP contribution in [0.3, 0.4) is 0 Å². The lowest BCUT2D eigenvalue weighted by atomic mass is 9.97. The second kappa shape index (κ2) is 6.70. The first-order valence-electron chi connectivity index (χ1n) is 9.99. The third-order valence-corrected chi connectivity index (χ3v) is 5.88. The highest BCUT2D eigenvalue weighted by Gasteiger charge is 2.43. The molecular formula is C26H21NO3. The molecule has 0 spiro atoms. The van der Waals surface area contributed by atoms with Crippen molar-refractivity contribution in [2.75, 3.05) is 4.90 Å². The van der Waals surface area contributed by atoms with Crippen molar-refractivity contribution < 1.29 is 9.21 Å². The first kappa shape index (κ1) is 18.4. The Morgan fingerprint density at radius 2 is 1.57 bits per heavy atom. The smallest absolute Gasteiger partial charge is 0.295 e. The number of hydrogen-bond acceptors (Lipinski definition) is 3. The van der Waals surface area contributed by atoms with E-state index in [2.05, 4.69) is 0 Å². The van der Waals surface area contributed by atoms with Crippen LogP contribution in [-0.4, -0.2) is 5.91 Å². The lowest BCUT2D eigenvalue weighted by Gasteiger charge is -2.25. The Morgan fingerprint density at radius 1 is 0.833 bits per heavy atom. The Bertz CT molecular complexity index is 1370. The summed E-state index contributed by atoms with van der Waals surface area (Å²) in [7, 11) is 0. The zero-order valence-electron chi connectivity index (χ0n) is 17.1. The maximum absolute atomic E-state index is 13.6. The number of amides is 1.